The highest BCUT2D eigenvalue weighted by Crippen LogP contribution is 2.40. The van der Waals surface area contributed by atoms with Crippen molar-refractivity contribution in [2.24, 2.45) is 0 Å². The van der Waals surface area contributed by atoms with Crippen LogP contribution in [0, 0.1) is 20.8 Å². The molecule has 0 heterocycles. The highest BCUT2D eigenvalue weighted by Gasteiger charge is 2.18. The van der Waals surface area contributed by atoms with Gasteiger partial charge in [-0.2, -0.15) is 0 Å². The van der Waals surface area contributed by atoms with Crippen LogP contribution < -0.4 is 9.80 Å². The van der Waals surface area contributed by atoms with Crippen LogP contribution in [-0.2, 0) is 6.42 Å². The third-order valence-electron chi connectivity index (χ3n) is 13.9. The van der Waals surface area contributed by atoms with Crippen molar-refractivity contribution in [1.29, 1.82) is 0 Å². The Hall–Kier alpha value is -10.3. The molecule has 406 valence electrons. The first-order valence-electron chi connectivity index (χ1n) is 28.6. The lowest BCUT2D eigenvalue weighted by atomic mass is 10.0. The zero-order chi connectivity index (χ0) is 57.3. The molecular formula is C81H72N2. The monoisotopic (exact) mass is 1070 g/mol. The van der Waals surface area contributed by atoms with Gasteiger partial charge in [0.1, 0.15) is 0 Å². The number of anilines is 6. The van der Waals surface area contributed by atoms with Crippen molar-refractivity contribution in [3.63, 3.8) is 0 Å². The van der Waals surface area contributed by atoms with E-state index in [4.69, 9.17) is 0 Å². The van der Waals surface area contributed by atoms with Gasteiger partial charge >= 0.3 is 0 Å². The lowest BCUT2D eigenvalue weighted by molar-refractivity contribution is 1.10. The number of rotatable bonds is 19. The van der Waals surface area contributed by atoms with Crippen LogP contribution in [0.25, 0.3) is 48.6 Å². The van der Waals surface area contributed by atoms with E-state index in [1.54, 1.807) is 0 Å². The molecule has 0 bridgehead atoms. The minimum atomic E-state index is 0.969. The minimum absolute atomic E-state index is 0.969. The molecule has 0 radical (unpaired) electrons. The number of hydrogen-bond acceptors (Lipinski definition) is 2. The molecule has 2 heteroatoms. The summed E-state index contributed by atoms with van der Waals surface area (Å²) in [7, 11) is 0. The molecule has 83 heavy (non-hydrogen) atoms. The summed E-state index contributed by atoms with van der Waals surface area (Å²) in [5.74, 6) is 0. The maximum atomic E-state index is 2.39. The summed E-state index contributed by atoms with van der Waals surface area (Å²) in [6.45, 7) is 8.74. The largest absolute Gasteiger partial charge is 0.310 e. The van der Waals surface area contributed by atoms with Crippen LogP contribution in [0.4, 0.5) is 34.1 Å². The van der Waals surface area contributed by atoms with E-state index in [-0.39, 0.29) is 0 Å². The van der Waals surface area contributed by atoms with E-state index >= 15 is 0 Å². The maximum Gasteiger partial charge on any atom is 0.0522 e. The van der Waals surface area contributed by atoms with E-state index in [1.807, 2.05) is 24.3 Å². The number of aryl methyl sites for hydroxylation is 4. The molecule has 0 amide bonds. The average Bonchev–Trinajstić information content (AvgIpc) is 3.72. The van der Waals surface area contributed by atoms with E-state index < -0.39 is 0 Å². The zero-order valence-electron chi connectivity index (χ0n) is 48.1. The fourth-order valence-electron chi connectivity index (χ4n) is 9.79. The summed E-state index contributed by atoms with van der Waals surface area (Å²) < 4.78 is 0. The molecule has 0 spiro atoms. The Morgan fingerprint density at radius 3 is 0.795 bits per heavy atom. The van der Waals surface area contributed by atoms with Crippen molar-refractivity contribution in [2.45, 2.75) is 34.1 Å². The molecule has 10 rings (SSSR count). The number of para-hydroxylation sites is 1. The van der Waals surface area contributed by atoms with Crippen LogP contribution >= 0.6 is 0 Å². The number of nitrogens with zero attached hydrogens (tertiary/aromatic N) is 2. The highest BCUT2D eigenvalue weighted by molar-refractivity contribution is 5.82. The van der Waals surface area contributed by atoms with Gasteiger partial charge in [0.15, 0.2) is 0 Å². The first kappa shape index (κ1) is 57.4. The third kappa shape index (κ3) is 17.4. The zero-order valence-corrected chi connectivity index (χ0v) is 48.1. The van der Waals surface area contributed by atoms with E-state index in [9.17, 15) is 0 Å². The summed E-state index contributed by atoms with van der Waals surface area (Å²) in [5.41, 5.74) is 21.5. The van der Waals surface area contributed by atoms with Gasteiger partial charge in [-0.1, -0.05) is 298 Å². The van der Waals surface area contributed by atoms with Gasteiger partial charge in [0.05, 0.1) is 5.69 Å². The van der Waals surface area contributed by atoms with Crippen LogP contribution in [0.2, 0.25) is 0 Å². The Kier molecular flexibility index (Phi) is 21.0. The Labute approximate surface area is 494 Å². The highest BCUT2D eigenvalue weighted by atomic mass is 15.1. The van der Waals surface area contributed by atoms with E-state index in [1.165, 1.54) is 61.3 Å². The molecule has 0 atom stereocenters. The molecular weight excluding hydrogens is 1000 g/mol. The second kappa shape index (κ2) is 30.3. The molecule has 10 aromatic carbocycles. The summed E-state index contributed by atoms with van der Waals surface area (Å²) in [6, 6.07) is 89.8. The van der Waals surface area contributed by atoms with E-state index in [0.717, 1.165) is 46.0 Å². The van der Waals surface area contributed by atoms with Crippen LogP contribution in [0.5, 0.6) is 0 Å². The van der Waals surface area contributed by atoms with Gasteiger partial charge in [-0.25, -0.2) is 0 Å². The normalized spacial score (nSPS) is 11.8. The number of benzene rings is 10. The maximum absolute atomic E-state index is 2.39. The van der Waals surface area contributed by atoms with E-state index in [0.29, 0.717) is 0 Å². The molecule has 0 saturated carbocycles. The van der Waals surface area contributed by atoms with Gasteiger partial charge < -0.3 is 9.80 Å². The van der Waals surface area contributed by atoms with Gasteiger partial charge in [-0.05, 0) is 155 Å². The molecule has 10 aromatic rings. The lowest BCUT2D eigenvalue weighted by Gasteiger charge is -2.29. The van der Waals surface area contributed by atoms with Crippen LogP contribution in [0.15, 0.2) is 303 Å². The second-order valence-electron chi connectivity index (χ2n) is 20.3. The summed E-state index contributed by atoms with van der Waals surface area (Å²) in [6.07, 6.45) is 34.7. The van der Waals surface area contributed by atoms with E-state index in [2.05, 4.69) is 365 Å². The van der Waals surface area contributed by atoms with Crippen molar-refractivity contribution in [3.8, 4) is 0 Å². The number of hydrogen-bond donors (Lipinski definition) is 0. The molecule has 0 unspecified atom stereocenters. The number of allylic oxidation sites excluding steroid dienone is 8. The molecule has 0 saturated heterocycles. The molecule has 2 nitrogen and oxygen atoms in total. The van der Waals surface area contributed by atoms with Crippen molar-refractivity contribution >= 4 is 82.7 Å². The van der Waals surface area contributed by atoms with Crippen LogP contribution in [0.1, 0.15) is 73.7 Å². The third-order valence-corrected chi connectivity index (χ3v) is 13.9. The van der Waals surface area contributed by atoms with Gasteiger partial charge in [-0.3, -0.25) is 0 Å². The second-order valence-corrected chi connectivity index (χ2v) is 20.3. The molecule has 0 N–H and O–H groups in total. The predicted octanol–water partition coefficient (Wildman–Crippen LogP) is 22.7. The Morgan fingerprint density at radius 1 is 0.253 bits per heavy atom. The first-order valence-corrected chi connectivity index (χ1v) is 28.6. The Balaban J connectivity index is 0.000000200. The molecule has 0 aromatic heterocycles. The molecule has 0 fully saturated rings. The van der Waals surface area contributed by atoms with Crippen LogP contribution in [-0.4, -0.2) is 0 Å². The molecule has 0 aliphatic heterocycles. The fourth-order valence-corrected chi connectivity index (χ4v) is 9.79. The predicted molar refractivity (Wildman–Crippen MR) is 364 cm³/mol. The molecule has 0 aliphatic carbocycles. The van der Waals surface area contributed by atoms with Gasteiger partial charge in [0, 0.05) is 28.4 Å². The summed E-state index contributed by atoms with van der Waals surface area (Å²) in [5, 5.41) is 0. The summed E-state index contributed by atoms with van der Waals surface area (Å²) >= 11 is 0. The van der Waals surface area contributed by atoms with Crippen molar-refractivity contribution in [1.82, 2.24) is 0 Å². The van der Waals surface area contributed by atoms with Crippen molar-refractivity contribution in [2.75, 3.05) is 9.80 Å². The Bertz CT molecular complexity index is 3610. The van der Waals surface area contributed by atoms with Gasteiger partial charge in [0.25, 0.3) is 0 Å². The smallest absolute Gasteiger partial charge is 0.0522 e. The SMILES string of the molecule is CCc1cccc(C)c1N(c1ccc(/C=C/C=C/c2ccccc2)cc1)c1ccc(/C=C/C=C/c2ccccc2)cc1.Cc1cc(C)cc(N(c2ccc(/C=C/C=C/c3ccccc3)cc2)c2ccc(/C=C/C=C/c3ccccc3)cc2)c1. The standard InChI is InChI=1S/C41H37N.C40H35N/c1-3-38-24-14-15-33(2)41(38)42(39-29-25-36(26-30-39)22-12-10-20-34-16-6-4-7-17-34)40-31-27-37(28-32-40)23-13-11-21-35-18-8-5-9-19-35;1-32-29-33(2)31-40(30-32)41(38-25-21-36(22-26-38)19-11-9-17-34-13-5-3-6-14-34)39-27-23-37(24-28-39)20-12-10-18-35-15-7-4-8-16-35/h4-32H,3H2,1-2H3;3-31H,1-2H3/b20-10+,21-11+,22-12+,23-13+;17-9+,18-10+,19-11+,20-12+. The fraction of sp³-hybridized carbons (Fsp3) is 0.0617. The van der Waals surface area contributed by atoms with Crippen LogP contribution in [0.3, 0.4) is 0 Å². The van der Waals surface area contributed by atoms with Gasteiger partial charge in [0.2, 0.25) is 0 Å². The quantitative estimate of drug-likeness (QED) is 0.0745. The van der Waals surface area contributed by atoms with Gasteiger partial charge in [-0.15, -0.1) is 0 Å². The average molecular weight is 1070 g/mol. The minimum Gasteiger partial charge on any atom is -0.310 e. The van der Waals surface area contributed by atoms with Crippen molar-refractivity contribution in [3.05, 3.63) is 370 Å². The summed E-state index contributed by atoms with van der Waals surface area (Å²) in [4.78, 5) is 4.71. The first-order chi connectivity index (χ1) is 40.8. The Morgan fingerprint density at radius 2 is 0.518 bits per heavy atom. The topological polar surface area (TPSA) is 6.48 Å². The lowest BCUT2D eigenvalue weighted by Crippen LogP contribution is -2.13. The molecule has 0 aliphatic rings. The van der Waals surface area contributed by atoms with Crippen molar-refractivity contribution < 1.29 is 0 Å².